The van der Waals surface area contributed by atoms with E-state index in [9.17, 15) is 4.79 Å². The van der Waals surface area contributed by atoms with Crippen LogP contribution >= 0.6 is 11.6 Å². The van der Waals surface area contributed by atoms with Gasteiger partial charge in [0.05, 0.1) is 5.02 Å². The highest BCUT2D eigenvalue weighted by Crippen LogP contribution is 2.28. The topological polar surface area (TPSA) is 50.5 Å². The quantitative estimate of drug-likeness (QED) is 0.429. The highest BCUT2D eigenvalue weighted by atomic mass is 35.5. The highest BCUT2D eigenvalue weighted by molar-refractivity contribution is 6.30. The lowest BCUT2D eigenvalue weighted by molar-refractivity contribution is 0.0700. The zero-order valence-corrected chi connectivity index (χ0v) is 18.8. The maximum absolute atomic E-state index is 13.2. The number of amides is 1. The van der Waals surface area contributed by atoms with E-state index in [1.807, 2.05) is 24.0 Å². The monoisotopic (exact) mass is 444 g/mol. The van der Waals surface area contributed by atoms with Crippen LogP contribution in [0.1, 0.15) is 51.8 Å². The van der Waals surface area contributed by atoms with E-state index in [-0.39, 0.29) is 11.8 Å². The van der Waals surface area contributed by atoms with Crippen molar-refractivity contribution in [3.05, 3.63) is 100 Å². The lowest BCUT2D eigenvalue weighted by Gasteiger charge is -2.32. The summed E-state index contributed by atoms with van der Waals surface area (Å²) in [7, 11) is 0. The van der Waals surface area contributed by atoms with Crippen LogP contribution in [0.2, 0.25) is 5.02 Å². The first kappa shape index (κ1) is 20.7. The van der Waals surface area contributed by atoms with Crippen molar-refractivity contribution in [1.29, 1.82) is 0 Å². The Morgan fingerprint density at radius 3 is 2.75 bits per heavy atom. The second-order valence-electron chi connectivity index (χ2n) is 8.53. The first-order valence-electron chi connectivity index (χ1n) is 11.0. The van der Waals surface area contributed by atoms with Gasteiger partial charge in [-0.3, -0.25) is 9.78 Å². The number of likely N-dealkylation sites (tertiary alicyclic amines) is 1. The molecule has 162 valence electrons. The fourth-order valence-electron chi connectivity index (χ4n) is 4.54. The van der Waals surface area contributed by atoms with E-state index in [1.54, 1.807) is 22.9 Å². The molecule has 3 aromatic heterocycles. The minimum Gasteiger partial charge on any atom is -0.337 e. The van der Waals surface area contributed by atoms with Gasteiger partial charge in [0.1, 0.15) is 11.3 Å². The van der Waals surface area contributed by atoms with Crippen molar-refractivity contribution in [2.24, 2.45) is 0 Å². The molecule has 1 aliphatic rings. The van der Waals surface area contributed by atoms with Gasteiger partial charge in [-0.25, -0.2) is 4.98 Å². The Hall–Kier alpha value is -3.18. The van der Waals surface area contributed by atoms with Gasteiger partial charge < -0.3 is 9.30 Å². The number of hydrogen-bond donors (Lipinski definition) is 0. The van der Waals surface area contributed by atoms with Crippen LogP contribution in [0.15, 0.2) is 67.0 Å². The molecule has 6 heteroatoms. The Labute approximate surface area is 192 Å². The molecular weight excluding hydrogens is 420 g/mol. The Kier molecular flexibility index (Phi) is 5.66. The third kappa shape index (κ3) is 4.39. The largest absolute Gasteiger partial charge is 0.337 e. The Morgan fingerprint density at radius 1 is 1.06 bits per heavy atom. The van der Waals surface area contributed by atoms with Gasteiger partial charge >= 0.3 is 0 Å². The molecule has 0 spiro atoms. The van der Waals surface area contributed by atoms with Crippen LogP contribution in [0.4, 0.5) is 0 Å². The number of halogens is 1. The van der Waals surface area contributed by atoms with Gasteiger partial charge in [0.15, 0.2) is 0 Å². The van der Waals surface area contributed by atoms with Gasteiger partial charge in [-0.05, 0) is 61.6 Å². The van der Waals surface area contributed by atoms with E-state index in [2.05, 4.69) is 41.4 Å². The maximum atomic E-state index is 13.2. The molecule has 0 N–H and O–H groups in total. The zero-order chi connectivity index (χ0) is 22.1. The molecule has 1 fully saturated rings. The van der Waals surface area contributed by atoms with Crippen LogP contribution in [0.5, 0.6) is 0 Å². The van der Waals surface area contributed by atoms with Gasteiger partial charge in [-0.2, -0.15) is 0 Å². The van der Waals surface area contributed by atoms with Crippen molar-refractivity contribution in [3.8, 4) is 0 Å². The minimum atomic E-state index is -0.0355. The number of benzene rings is 1. The molecule has 1 atom stereocenters. The number of fused-ring (bicyclic) bond motifs is 1. The summed E-state index contributed by atoms with van der Waals surface area (Å²) in [6, 6.07) is 18.5. The molecule has 1 amide bonds. The van der Waals surface area contributed by atoms with Gasteiger partial charge in [0, 0.05) is 42.8 Å². The second-order valence-corrected chi connectivity index (χ2v) is 8.97. The number of hydrogen-bond acceptors (Lipinski definition) is 3. The lowest BCUT2D eigenvalue weighted by Crippen LogP contribution is -2.39. The molecule has 5 rings (SSSR count). The van der Waals surface area contributed by atoms with Crippen molar-refractivity contribution >= 4 is 23.2 Å². The molecular formula is C26H25ClN4O. The zero-order valence-electron chi connectivity index (χ0n) is 18.0. The standard InChI is InChI=1S/C26H25ClN4O/c1-18-12-20(13-19-6-3-2-4-7-19)14-23(28-18)21-8-5-11-30(15-21)26(32)24-17-31-16-22(27)9-10-25(31)29-24/h2-4,6-7,9-10,12,14,16-17,21H,5,8,11,13,15H2,1H3. The van der Waals surface area contributed by atoms with Gasteiger partial charge in [0.2, 0.25) is 0 Å². The minimum absolute atomic E-state index is 0.0355. The Morgan fingerprint density at radius 2 is 1.91 bits per heavy atom. The number of carbonyl (C=O) groups is 1. The number of imidazole rings is 1. The molecule has 0 bridgehead atoms. The summed E-state index contributed by atoms with van der Waals surface area (Å²) in [4.78, 5) is 24.5. The summed E-state index contributed by atoms with van der Waals surface area (Å²) >= 11 is 6.07. The summed E-state index contributed by atoms with van der Waals surface area (Å²) in [6.45, 7) is 3.45. The highest BCUT2D eigenvalue weighted by Gasteiger charge is 2.28. The number of rotatable bonds is 4. The molecule has 4 heterocycles. The van der Waals surface area contributed by atoms with Crippen LogP contribution in [0.25, 0.3) is 5.65 Å². The summed E-state index contributed by atoms with van der Waals surface area (Å²) in [5.74, 6) is 0.195. The van der Waals surface area contributed by atoms with Crippen molar-refractivity contribution < 1.29 is 4.79 Å². The Balaban J connectivity index is 1.35. The van der Waals surface area contributed by atoms with Gasteiger partial charge in [0.25, 0.3) is 5.91 Å². The van der Waals surface area contributed by atoms with Gasteiger partial charge in [-0.1, -0.05) is 41.9 Å². The third-order valence-corrected chi connectivity index (χ3v) is 6.27. The van der Waals surface area contributed by atoms with E-state index in [4.69, 9.17) is 16.6 Å². The molecule has 4 aromatic rings. The number of piperidine rings is 1. The van der Waals surface area contributed by atoms with Crippen LogP contribution in [-0.4, -0.2) is 38.3 Å². The SMILES string of the molecule is Cc1cc(Cc2ccccc2)cc(C2CCCN(C(=O)c3cn4cc(Cl)ccc4n3)C2)n1. The molecule has 0 saturated carbocycles. The van der Waals surface area contributed by atoms with E-state index in [0.717, 1.165) is 42.8 Å². The fourth-order valence-corrected chi connectivity index (χ4v) is 4.71. The van der Waals surface area contributed by atoms with E-state index in [1.165, 1.54) is 11.1 Å². The van der Waals surface area contributed by atoms with Crippen LogP contribution < -0.4 is 0 Å². The normalized spacial score (nSPS) is 16.4. The van der Waals surface area contributed by atoms with Crippen LogP contribution in [0.3, 0.4) is 0 Å². The van der Waals surface area contributed by atoms with Crippen molar-refractivity contribution in [2.75, 3.05) is 13.1 Å². The summed E-state index contributed by atoms with van der Waals surface area (Å²) in [5, 5.41) is 0.615. The summed E-state index contributed by atoms with van der Waals surface area (Å²) < 4.78 is 1.80. The third-order valence-electron chi connectivity index (χ3n) is 6.05. The van der Waals surface area contributed by atoms with Crippen molar-refractivity contribution in [3.63, 3.8) is 0 Å². The lowest BCUT2D eigenvalue weighted by atomic mass is 9.92. The molecule has 32 heavy (non-hydrogen) atoms. The van der Waals surface area contributed by atoms with E-state index < -0.39 is 0 Å². The van der Waals surface area contributed by atoms with E-state index >= 15 is 0 Å². The predicted molar refractivity (Wildman–Crippen MR) is 126 cm³/mol. The molecule has 1 aromatic carbocycles. The fraction of sp³-hybridized carbons (Fsp3) is 0.269. The first-order valence-corrected chi connectivity index (χ1v) is 11.4. The predicted octanol–water partition coefficient (Wildman–Crippen LogP) is 5.30. The Bertz CT molecular complexity index is 1270. The average molecular weight is 445 g/mol. The molecule has 1 saturated heterocycles. The van der Waals surface area contributed by atoms with E-state index in [0.29, 0.717) is 17.3 Å². The molecule has 1 unspecified atom stereocenters. The molecule has 0 radical (unpaired) electrons. The first-order chi connectivity index (χ1) is 15.5. The molecule has 1 aliphatic heterocycles. The summed E-state index contributed by atoms with van der Waals surface area (Å²) in [5.41, 5.74) is 5.83. The number of carbonyl (C=O) groups excluding carboxylic acids is 1. The molecule has 5 nitrogen and oxygen atoms in total. The summed E-state index contributed by atoms with van der Waals surface area (Å²) in [6.07, 6.45) is 6.40. The van der Waals surface area contributed by atoms with Crippen LogP contribution in [-0.2, 0) is 6.42 Å². The van der Waals surface area contributed by atoms with Crippen molar-refractivity contribution in [1.82, 2.24) is 19.3 Å². The number of aromatic nitrogens is 3. The second kappa shape index (κ2) is 8.75. The molecule has 0 aliphatic carbocycles. The van der Waals surface area contributed by atoms with Crippen LogP contribution in [0, 0.1) is 6.92 Å². The number of aryl methyl sites for hydroxylation is 1. The van der Waals surface area contributed by atoms with Gasteiger partial charge in [-0.15, -0.1) is 0 Å². The number of pyridine rings is 2. The smallest absolute Gasteiger partial charge is 0.274 e. The van der Waals surface area contributed by atoms with Crippen molar-refractivity contribution in [2.45, 2.75) is 32.1 Å². The average Bonchev–Trinajstić information content (AvgIpc) is 3.22. The maximum Gasteiger partial charge on any atom is 0.274 e. The number of nitrogens with zero attached hydrogens (tertiary/aromatic N) is 4.